The zero-order valence-electron chi connectivity index (χ0n) is 13.5. The van der Waals surface area contributed by atoms with E-state index in [4.69, 9.17) is 4.42 Å². The van der Waals surface area contributed by atoms with Crippen LogP contribution < -0.4 is 10.5 Å². The number of aryl methyl sites for hydroxylation is 1. The van der Waals surface area contributed by atoms with E-state index in [1.165, 1.54) is 6.07 Å². The van der Waals surface area contributed by atoms with Crippen LogP contribution in [0.15, 0.2) is 57.7 Å². The summed E-state index contributed by atoms with van der Waals surface area (Å²) in [6.07, 6.45) is 3.97. The Hall–Kier alpha value is -2.81. The second-order valence-electron chi connectivity index (χ2n) is 5.84. The largest absolute Gasteiger partial charge is 0.423 e. The zero-order valence-corrected chi connectivity index (χ0v) is 13.5. The molecule has 0 N–H and O–H groups in total. The van der Waals surface area contributed by atoms with Gasteiger partial charge in [-0.2, -0.15) is 0 Å². The van der Waals surface area contributed by atoms with Crippen LogP contribution in [0.3, 0.4) is 0 Å². The van der Waals surface area contributed by atoms with Gasteiger partial charge in [0.05, 0.1) is 0 Å². The first-order valence-electron chi connectivity index (χ1n) is 7.53. The second kappa shape index (κ2) is 6.13. The molecule has 0 saturated carbocycles. The lowest BCUT2D eigenvalue weighted by Crippen LogP contribution is -2.07. The summed E-state index contributed by atoms with van der Waals surface area (Å²) in [6, 6.07) is 15.7. The molecule has 0 unspecified atom stereocenters. The maximum Gasteiger partial charge on any atom is 0.336 e. The Morgan fingerprint density at radius 2 is 1.70 bits per heavy atom. The Bertz CT molecular complexity index is 919. The number of hydrogen-bond acceptors (Lipinski definition) is 3. The van der Waals surface area contributed by atoms with Crippen molar-refractivity contribution in [1.29, 1.82) is 0 Å². The first-order valence-corrected chi connectivity index (χ1v) is 7.53. The zero-order chi connectivity index (χ0) is 16.4. The lowest BCUT2D eigenvalue weighted by atomic mass is 10.1. The first kappa shape index (κ1) is 15.1. The molecule has 3 heteroatoms. The maximum absolute atomic E-state index is 11.7. The molecular formula is C20H19NO2. The Labute approximate surface area is 135 Å². The van der Waals surface area contributed by atoms with E-state index in [9.17, 15) is 4.79 Å². The fraction of sp³-hybridized carbons (Fsp3) is 0.150. The van der Waals surface area contributed by atoms with Crippen LogP contribution in [-0.2, 0) is 0 Å². The summed E-state index contributed by atoms with van der Waals surface area (Å²) in [5.41, 5.74) is 4.48. The van der Waals surface area contributed by atoms with Gasteiger partial charge in [0.1, 0.15) is 5.58 Å². The van der Waals surface area contributed by atoms with Gasteiger partial charge in [0, 0.05) is 31.2 Å². The van der Waals surface area contributed by atoms with Crippen LogP contribution in [0.25, 0.3) is 23.1 Å². The van der Waals surface area contributed by atoms with Gasteiger partial charge < -0.3 is 9.32 Å². The lowest BCUT2D eigenvalue weighted by molar-refractivity contribution is 0.560. The monoisotopic (exact) mass is 305 g/mol. The van der Waals surface area contributed by atoms with Crippen molar-refractivity contribution in [3.63, 3.8) is 0 Å². The van der Waals surface area contributed by atoms with E-state index in [1.54, 1.807) is 0 Å². The summed E-state index contributed by atoms with van der Waals surface area (Å²) in [5, 5.41) is 0.941. The number of nitrogens with zero attached hydrogens (tertiary/aromatic N) is 1. The van der Waals surface area contributed by atoms with Gasteiger partial charge in [-0.05, 0) is 41.8 Å². The molecule has 0 aliphatic heterocycles. The quantitative estimate of drug-likeness (QED) is 0.675. The molecule has 3 nitrogen and oxygen atoms in total. The molecule has 0 spiro atoms. The van der Waals surface area contributed by atoms with Crippen molar-refractivity contribution in [1.82, 2.24) is 0 Å². The highest BCUT2D eigenvalue weighted by molar-refractivity contribution is 5.89. The Balaban J connectivity index is 1.99. The predicted octanol–water partition coefficient (Wildman–Crippen LogP) is 4.34. The maximum atomic E-state index is 11.7. The van der Waals surface area contributed by atoms with Gasteiger partial charge >= 0.3 is 5.63 Å². The molecule has 0 aliphatic rings. The Morgan fingerprint density at radius 3 is 2.39 bits per heavy atom. The van der Waals surface area contributed by atoms with E-state index in [-0.39, 0.29) is 5.63 Å². The topological polar surface area (TPSA) is 33.5 Å². The molecule has 0 fully saturated rings. The van der Waals surface area contributed by atoms with Crippen LogP contribution in [-0.4, -0.2) is 14.1 Å². The van der Waals surface area contributed by atoms with Gasteiger partial charge in [-0.1, -0.05) is 36.4 Å². The van der Waals surface area contributed by atoms with Crippen molar-refractivity contribution in [3.8, 4) is 0 Å². The molecular weight excluding hydrogens is 286 g/mol. The summed E-state index contributed by atoms with van der Waals surface area (Å²) >= 11 is 0. The van der Waals surface area contributed by atoms with Crippen molar-refractivity contribution < 1.29 is 4.42 Å². The van der Waals surface area contributed by atoms with Crippen molar-refractivity contribution in [2.24, 2.45) is 0 Å². The summed E-state index contributed by atoms with van der Waals surface area (Å²) in [6.45, 7) is 1.98. The summed E-state index contributed by atoms with van der Waals surface area (Å²) in [5.74, 6) is 0. The highest BCUT2D eigenvalue weighted by Gasteiger charge is 2.03. The van der Waals surface area contributed by atoms with E-state index in [2.05, 4.69) is 29.2 Å². The highest BCUT2D eigenvalue weighted by Crippen LogP contribution is 2.21. The van der Waals surface area contributed by atoms with Crippen LogP contribution in [0.4, 0.5) is 5.69 Å². The normalized spacial score (nSPS) is 11.3. The number of benzene rings is 2. The van der Waals surface area contributed by atoms with Crippen molar-refractivity contribution in [2.75, 3.05) is 19.0 Å². The van der Waals surface area contributed by atoms with Crippen molar-refractivity contribution in [3.05, 3.63) is 75.6 Å². The highest BCUT2D eigenvalue weighted by atomic mass is 16.4. The molecule has 1 aromatic heterocycles. The van der Waals surface area contributed by atoms with Crippen LogP contribution in [0.1, 0.15) is 16.7 Å². The van der Waals surface area contributed by atoms with E-state index < -0.39 is 0 Å². The SMILES string of the molecule is Cc1ccc2c(/C=C/c3ccc(N(C)C)cc3)cc(=O)oc2c1. The molecule has 0 radical (unpaired) electrons. The summed E-state index contributed by atoms with van der Waals surface area (Å²) in [4.78, 5) is 13.8. The summed E-state index contributed by atoms with van der Waals surface area (Å²) < 4.78 is 5.28. The van der Waals surface area contributed by atoms with Gasteiger partial charge in [-0.15, -0.1) is 0 Å². The Kier molecular flexibility index (Phi) is 4.02. The molecule has 23 heavy (non-hydrogen) atoms. The van der Waals surface area contributed by atoms with Crippen LogP contribution in [0, 0.1) is 6.92 Å². The molecule has 3 aromatic rings. The fourth-order valence-electron chi connectivity index (χ4n) is 2.50. The number of hydrogen-bond donors (Lipinski definition) is 0. The third kappa shape index (κ3) is 3.34. The number of rotatable bonds is 3. The molecule has 116 valence electrons. The average Bonchev–Trinajstić information content (AvgIpc) is 2.52. The van der Waals surface area contributed by atoms with Gasteiger partial charge in [0.15, 0.2) is 0 Å². The van der Waals surface area contributed by atoms with Crippen molar-refractivity contribution >= 4 is 28.8 Å². The third-order valence-corrected chi connectivity index (χ3v) is 3.80. The molecule has 1 heterocycles. The number of fused-ring (bicyclic) bond motifs is 1. The molecule has 0 saturated heterocycles. The lowest BCUT2D eigenvalue weighted by Gasteiger charge is -2.11. The second-order valence-corrected chi connectivity index (χ2v) is 5.84. The molecule has 0 atom stereocenters. The van der Waals surface area contributed by atoms with Gasteiger partial charge in [0.2, 0.25) is 0 Å². The van der Waals surface area contributed by atoms with Crippen LogP contribution in [0.5, 0.6) is 0 Å². The fourth-order valence-corrected chi connectivity index (χ4v) is 2.50. The van der Waals surface area contributed by atoms with E-state index in [0.29, 0.717) is 5.58 Å². The van der Waals surface area contributed by atoms with E-state index in [1.807, 2.05) is 51.4 Å². The predicted molar refractivity (Wildman–Crippen MR) is 96.9 cm³/mol. The minimum absolute atomic E-state index is 0.328. The standard InChI is InChI=1S/C20H19NO2/c1-14-4-11-18-16(13-20(22)23-19(18)12-14)8-5-15-6-9-17(10-7-15)21(2)3/h4-13H,1-3H3/b8-5+. The minimum Gasteiger partial charge on any atom is -0.423 e. The summed E-state index contributed by atoms with van der Waals surface area (Å²) in [7, 11) is 4.03. The third-order valence-electron chi connectivity index (χ3n) is 3.80. The Morgan fingerprint density at radius 1 is 0.957 bits per heavy atom. The first-order chi connectivity index (χ1) is 11.0. The van der Waals surface area contributed by atoms with Crippen LogP contribution >= 0.6 is 0 Å². The van der Waals surface area contributed by atoms with Gasteiger partial charge in [-0.3, -0.25) is 0 Å². The molecule has 0 bridgehead atoms. The van der Waals surface area contributed by atoms with E-state index >= 15 is 0 Å². The van der Waals surface area contributed by atoms with Gasteiger partial charge in [-0.25, -0.2) is 4.79 Å². The molecule has 0 amide bonds. The minimum atomic E-state index is -0.328. The van der Waals surface area contributed by atoms with E-state index in [0.717, 1.165) is 27.8 Å². The van der Waals surface area contributed by atoms with Crippen molar-refractivity contribution in [2.45, 2.75) is 6.92 Å². The number of anilines is 1. The molecule has 2 aromatic carbocycles. The molecule has 3 rings (SSSR count). The van der Waals surface area contributed by atoms with Gasteiger partial charge in [0.25, 0.3) is 0 Å². The van der Waals surface area contributed by atoms with Crippen LogP contribution in [0.2, 0.25) is 0 Å². The average molecular weight is 305 g/mol. The smallest absolute Gasteiger partial charge is 0.336 e. The molecule has 0 aliphatic carbocycles.